The Kier molecular flexibility index (Phi) is 10.4. The highest BCUT2D eigenvalue weighted by Gasteiger charge is 2.28. The monoisotopic (exact) mass is 325 g/mol. The number of hydrogen-bond donors (Lipinski definition) is 2. The van der Waals surface area contributed by atoms with Gasteiger partial charge in [-0.3, -0.25) is 4.79 Å². The van der Waals surface area contributed by atoms with Gasteiger partial charge in [0.1, 0.15) is 6.04 Å². The number of carbonyl (C=O) groups is 2. The minimum atomic E-state index is -0.648. The van der Waals surface area contributed by atoms with Gasteiger partial charge < -0.3 is 15.2 Å². The summed E-state index contributed by atoms with van der Waals surface area (Å²) in [7, 11) is 0. The molecule has 0 aromatic carbocycles. The highest BCUT2D eigenvalue weighted by molar-refractivity contribution is 5.85. The van der Waals surface area contributed by atoms with E-state index in [0.29, 0.717) is 19.4 Å². The fraction of sp³-hybridized carbons (Fsp3) is 0.778. The van der Waals surface area contributed by atoms with Crippen molar-refractivity contribution in [2.24, 2.45) is 0 Å². The van der Waals surface area contributed by atoms with Crippen molar-refractivity contribution in [3.8, 4) is 0 Å². The van der Waals surface area contributed by atoms with Crippen molar-refractivity contribution in [2.75, 3.05) is 6.61 Å². The third kappa shape index (κ3) is 9.39. The number of rotatable bonds is 12. The van der Waals surface area contributed by atoms with E-state index in [9.17, 15) is 14.7 Å². The minimum Gasteiger partial charge on any atom is -0.464 e. The standard InChI is InChI=1S/C18H31NO4/c1-2-3-4-5-6-7-8-9-10-11-15(20)14-17(21)19-16-12-13-23-18(16)22/h7-8,15-16,20H,2-6,9-14H2,1H3,(H,19,21)/b8-7-/t15-,16?/m1/s1. The van der Waals surface area contributed by atoms with E-state index >= 15 is 0 Å². The molecule has 1 amide bonds. The van der Waals surface area contributed by atoms with Crippen molar-refractivity contribution in [2.45, 2.75) is 83.3 Å². The molecule has 0 saturated carbocycles. The van der Waals surface area contributed by atoms with E-state index in [4.69, 9.17) is 4.74 Å². The number of carbonyl (C=O) groups excluding carboxylic acids is 2. The average Bonchev–Trinajstić information content (AvgIpc) is 2.90. The van der Waals surface area contributed by atoms with Crippen LogP contribution in [0.1, 0.15) is 71.1 Å². The van der Waals surface area contributed by atoms with E-state index in [2.05, 4.69) is 24.4 Å². The van der Waals surface area contributed by atoms with Crippen molar-refractivity contribution in [3.05, 3.63) is 12.2 Å². The zero-order valence-electron chi connectivity index (χ0n) is 14.3. The van der Waals surface area contributed by atoms with Crippen molar-refractivity contribution >= 4 is 11.9 Å². The number of hydrogen-bond acceptors (Lipinski definition) is 4. The summed E-state index contributed by atoms with van der Waals surface area (Å²) in [5, 5.41) is 12.5. The van der Waals surface area contributed by atoms with Gasteiger partial charge in [-0.2, -0.15) is 0 Å². The summed E-state index contributed by atoms with van der Waals surface area (Å²) in [5.74, 6) is -0.662. The third-order valence-corrected chi connectivity index (χ3v) is 3.99. The molecule has 132 valence electrons. The molecule has 1 rings (SSSR count). The molecule has 5 nitrogen and oxygen atoms in total. The number of cyclic esters (lactones) is 1. The van der Waals surface area contributed by atoms with Gasteiger partial charge in [0.2, 0.25) is 5.91 Å². The van der Waals surface area contributed by atoms with E-state index in [-0.39, 0.29) is 18.3 Å². The van der Waals surface area contributed by atoms with Crippen LogP contribution in [0.4, 0.5) is 0 Å². The molecule has 1 fully saturated rings. The van der Waals surface area contributed by atoms with Crippen LogP contribution in [0, 0.1) is 0 Å². The molecule has 23 heavy (non-hydrogen) atoms. The van der Waals surface area contributed by atoms with Gasteiger partial charge in [-0.05, 0) is 32.1 Å². The lowest BCUT2D eigenvalue weighted by Crippen LogP contribution is -2.39. The smallest absolute Gasteiger partial charge is 0.328 e. The number of allylic oxidation sites excluding steroid dienone is 2. The Hall–Kier alpha value is -1.36. The van der Waals surface area contributed by atoms with Gasteiger partial charge in [0.15, 0.2) is 0 Å². The van der Waals surface area contributed by atoms with Crippen LogP contribution in [0.2, 0.25) is 0 Å². The molecular formula is C18H31NO4. The molecule has 1 aliphatic heterocycles. The molecule has 2 atom stereocenters. The Morgan fingerprint density at radius 1 is 1.30 bits per heavy atom. The molecule has 0 spiro atoms. The van der Waals surface area contributed by atoms with E-state index in [1.54, 1.807) is 0 Å². The molecule has 0 aromatic rings. The first kappa shape index (κ1) is 19.7. The number of nitrogens with one attached hydrogen (secondary N) is 1. The Bertz CT molecular complexity index is 381. The van der Waals surface area contributed by atoms with Gasteiger partial charge in [0.05, 0.1) is 19.1 Å². The highest BCUT2D eigenvalue weighted by atomic mass is 16.5. The summed E-state index contributed by atoms with van der Waals surface area (Å²) in [4.78, 5) is 23.0. The average molecular weight is 325 g/mol. The van der Waals surface area contributed by atoms with Crippen LogP contribution in [0.3, 0.4) is 0 Å². The van der Waals surface area contributed by atoms with Gasteiger partial charge in [-0.15, -0.1) is 0 Å². The molecule has 0 aliphatic carbocycles. The maximum Gasteiger partial charge on any atom is 0.328 e. The van der Waals surface area contributed by atoms with E-state index in [0.717, 1.165) is 19.3 Å². The number of esters is 1. The first-order valence-electron chi connectivity index (χ1n) is 8.92. The largest absolute Gasteiger partial charge is 0.464 e. The third-order valence-electron chi connectivity index (χ3n) is 3.99. The van der Waals surface area contributed by atoms with Gasteiger partial charge in [0, 0.05) is 6.42 Å². The van der Waals surface area contributed by atoms with Crippen molar-refractivity contribution in [1.29, 1.82) is 0 Å². The maximum atomic E-state index is 11.7. The molecule has 0 bridgehead atoms. The van der Waals surface area contributed by atoms with Crippen LogP contribution < -0.4 is 5.32 Å². The van der Waals surface area contributed by atoms with Gasteiger partial charge in [-0.25, -0.2) is 4.79 Å². The molecule has 0 aromatic heterocycles. The summed E-state index contributed by atoms with van der Waals surface area (Å²) in [6, 6.07) is -0.537. The van der Waals surface area contributed by atoms with Crippen molar-refractivity contribution < 1.29 is 19.4 Å². The molecule has 1 heterocycles. The molecule has 2 N–H and O–H groups in total. The van der Waals surface area contributed by atoms with Crippen LogP contribution in [0.5, 0.6) is 0 Å². The van der Waals surface area contributed by atoms with Gasteiger partial charge in [0.25, 0.3) is 0 Å². The number of aliphatic hydroxyl groups is 1. The topological polar surface area (TPSA) is 75.6 Å². The Morgan fingerprint density at radius 3 is 2.70 bits per heavy atom. The van der Waals surface area contributed by atoms with Crippen molar-refractivity contribution in [1.82, 2.24) is 5.32 Å². The van der Waals surface area contributed by atoms with E-state index in [1.807, 2.05) is 0 Å². The maximum absolute atomic E-state index is 11.7. The van der Waals surface area contributed by atoms with E-state index < -0.39 is 12.1 Å². The zero-order chi connectivity index (χ0) is 16.9. The minimum absolute atomic E-state index is 0.0461. The summed E-state index contributed by atoms with van der Waals surface area (Å²) in [5.41, 5.74) is 0. The fourth-order valence-corrected chi connectivity index (χ4v) is 2.59. The lowest BCUT2D eigenvalue weighted by atomic mass is 10.1. The molecule has 1 saturated heterocycles. The predicted octanol–water partition coefficient (Wildman–Crippen LogP) is 2.87. The summed E-state index contributed by atoms with van der Waals surface area (Å²) in [6.07, 6.45) is 12.9. The van der Waals surface area contributed by atoms with Gasteiger partial charge in [-0.1, -0.05) is 38.3 Å². The normalized spacial score (nSPS) is 19.0. The Labute approximate surface area is 139 Å². The van der Waals surface area contributed by atoms with E-state index in [1.165, 1.54) is 25.7 Å². The lowest BCUT2D eigenvalue weighted by molar-refractivity contribution is -0.141. The highest BCUT2D eigenvalue weighted by Crippen LogP contribution is 2.09. The SMILES string of the molecule is CCCCCC/C=C\CCC[C@@H](O)CC(=O)NC1CCOC1=O. The van der Waals surface area contributed by atoms with Crippen LogP contribution >= 0.6 is 0 Å². The molecule has 1 unspecified atom stereocenters. The van der Waals surface area contributed by atoms with Crippen LogP contribution in [-0.4, -0.2) is 35.7 Å². The molecule has 5 heteroatoms. The Morgan fingerprint density at radius 2 is 2.04 bits per heavy atom. The summed E-state index contributed by atoms with van der Waals surface area (Å²) < 4.78 is 4.78. The first-order valence-corrected chi connectivity index (χ1v) is 8.92. The van der Waals surface area contributed by atoms with Crippen LogP contribution in [0.15, 0.2) is 12.2 Å². The molecule has 0 radical (unpaired) electrons. The number of amides is 1. The predicted molar refractivity (Wildman–Crippen MR) is 89.9 cm³/mol. The zero-order valence-corrected chi connectivity index (χ0v) is 14.3. The number of ether oxygens (including phenoxy) is 1. The fourth-order valence-electron chi connectivity index (χ4n) is 2.59. The number of unbranched alkanes of at least 4 members (excludes halogenated alkanes) is 5. The molecular weight excluding hydrogens is 294 g/mol. The second kappa shape index (κ2) is 12.1. The van der Waals surface area contributed by atoms with Crippen molar-refractivity contribution in [3.63, 3.8) is 0 Å². The second-order valence-corrected chi connectivity index (χ2v) is 6.19. The molecule has 1 aliphatic rings. The first-order chi connectivity index (χ1) is 11.1. The van der Waals surface area contributed by atoms with Crippen LogP contribution in [-0.2, 0) is 14.3 Å². The Balaban J connectivity index is 2.01. The van der Waals surface area contributed by atoms with Crippen LogP contribution in [0.25, 0.3) is 0 Å². The second-order valence-electron chi connectivity index (χ2n) is 6.19. The summed E-state index contributed by atoms with van der Waals surface area (Å²) in [6.45, 7) is 2.57. The number of aliphatic hydroxyl groups excluding tert-OH is 1. The van der Waals surface area contributed by atoms with Gasteiger partial charge >= 0.3 is 5.97 Å². The summed E-state index contributed by atoms with van der Waals surface area (Å²) >= 11 is 0. The quantitative estimate of drug-likeness (QED) is 0.329. The lowest BCUT2D eigenvalue weighted by Gasteiger charge is -2.12.